The van der Waals surface area contributed by atoms with E-state index >= 15 is 0 Å². The third-order valence-electron chi connectivity index (χ3n) is 4.98. The number of pyridine rings is 1. The van der Waals surface area contributed by atoms with Crippen molar-refractivity contribution in [3.8, 4) is 16.8 Å². The predicted octanol–water partition coefficient (Wildman–Crippen LogP) is 6.26. The molecule has 8 heteroatoms. The molecule has 0 saturated carbocycles. The molecule has 30 heavy (non-hydrogen) atoms. The van der Waals surface area contributed by atoms with Crippen LogP contribution in [0.1, 0.15) is 0 Å². The van der Waals surface area contributed by atoms with Gasteiger partial charge in [0.2, 0.25) is 0 Å². The van der Waals surface area contributed by atoms with Crippen LogP contribution in [0.5, 0.6) is 0 Å². The first kappa shape index (κ1) is 18.7. The van der Waals surface area contributed by atoms with E-state index in [0.717, 1.165) is 5.69 Å². The normalized spacial score (nSPS) is 12.1. The summed E-state index contributed by atoms with van der Waals surface area (Å²) >= 11 is 6.37. The van der Waals surface area contributed by atoms with Crippen LogP contribution in [0.25, 0.3) is 38.6 Å². The standard InChI is InChI=1S/C22H14ClF3N4/c23-15-8-18(14-10-28-30(12-14)16-4-2-1-3-5-16)21-19(9-15)17-6-7-27-11-20(17)29(21)13-22(24,25)26/h1-12H,13H2. The largest absolute Gasteiger partial charge is 0.406 e. The van der Waals surface area contributed by atoms with Crippen LogP contribution in [-0.2, 0) is 6.54 Å². The highest BCUT2D eigenvalue weighted by atomic mass is 35.5. The Hall–Kier alpha value is -3.32. The number of aromatic nitrogens is 4. The molecule has 0 bridgehead atoms. The summed E-state index contributed by atoms with van der Waals surface area (Å²) in [6.45, 7) is -1.12. The highest BCUT2D eigenvalue weighted by Gasteiger charge is 2.30. The number of halogens is 4. The quantitative estimate of drug-likeness (QED) is 0.341. The lowest BCUT2D eigenvalue weighted by Crippen LogP contribution is -2.17. The second-order valence-corrected chi connectivity index (χ2v) is 7.39. The summed E-state index contributed by atoms with van der Waals surface area (Å²) in [5, 5.41) is 6.14. The molecule has 0 fully saturated rings. The lowest BCUT2D eigenvalue weighted by Gasteiger charge is -2.13. The Balaban J connectivity index is 1.80. The van der Waals surface area contributed by atoms with Gasteiger partial charge < -0.3 is 4.57 Å². The maximum Gasteiger partial charge on any atom is 0.406 e. The topological polar surface area (TPSA) is 35.6 Å². The molecule has 2 aromatic carbocycles. The summed E-state index contributed by atoms with van der Waals surface area (Å²) in [4.78, 5) is 4.03. The van der Waals surface area contributed by atoms with E-state index in [4.69, 9.17) is 11.6 Å². The number of fused-ring (bicyclic) bond motifs is 3. The van der Waals surface area contributed by atoms with Crippen LogP contribution >= 0.6 is 11.6 Å². The zero-order valence-electron chi connectivity index (χ0n) is 15.4. The van der Waals surface area contributed by atoms with Gasteiger partial charge in [-0.15, -0.1) is 0 Å². The fourth-order valence-electron chi connectivity index (χ4n) is 3.79. The molecule has 0 aliphatic heterocycles. The average molecular weight is 427 g/mol. The van der Waals surface area contributed by atoms with Crippen molar-refractivity contribution in [1.82, 2.24) is 19.3 Å². The number of rotatable bonds is 3. The van der Waals surface area contributed by atoms with Crippen LogP contribution in [0.2, 0.25) is 5.02 Å². The van der Waals surface area contributed by atoms with E-state index in [1.165, 1.54) is 10.8 Å². The Morgan fingerprint density at radius 3 is 2.53 bits per heavy atom. The molecule has 3 aromatic heterocycles. The monoisotopic (exact) mass is 426 g/mol. The molecule has 0 aliphatic carbocycles. The van der Waals surface area contributed by atoms with Crippen molar-refractivity contribution in [1.29, 1.82) is 0 Å². The van der Waals surface area contributed by atoms with Gasteiger partial charge in [0.15, 0.2) is 0 Å². The maximum absolute atomic E-state index is 13.4. The van der Waals surface area contributed by atoms with Gasteiger partial charge in [-0.05, 0) is 30.3 Å². The Kier molecular flexibility index (Phi) is 4.29. The van der Waals surface area contributed by atoms with Crippen molar-refractivity contribution in [2.45, 2.75) is 12.7 Å². The van der Waals surface area contributed by atoms with Crippen molar-refractivity contribution < 1.29 is 13.2 Å². The number of para-hydroxylation sites is 1. The minimum Gasteiger partial charge on any atom is -0.329 e. The average Bonchev–Trinajstić information content (AvgIpc) is 3.32. The van der Waals surface area contributed by atoms with Gasteiger partial charge in [0.05, 0.1) is 29.1 Å². The summed E-state index contributed by atoms with van der Waals surface area (Å²) in [5.41, 5.74) is 2.96. The summed E-state index contributed by atoms with van der Waals surface area (Å²) in [5.74, 6) is 0. The summed E-state index contributed by atoms with van der Waals surface area (Å²) in [7, 11) is 0. The minimum absolute atomic E-state index is 0.406. The van der Waals surface area contributed by atoms with E-state index in [2.05, 4.69) is 10.1 Å². The smallest absolute Gasteiger partial charge is 0.329 e. The van der Waals surface area contributed by atoms with Crippen molar-refractivity contribution in [2.75, 3.05) is 0 Å². The molecule has 0 atom stereocenters. The molecule has 150 valence electrons. The maximum atomic E-state index is 13.4. The van der Waals surface area contributed by atoms with Gasteiger partial charge in [0.25, 0.3) is 0 Å². The van der Waals surface area contributed by atoms with Crippen LogP contribution in [-0.4, -0.2) is 25.5 Å². The van der Waals surface area contributed by atoms with E-state index in [0.29, 0.717) is 38.0 Å². The molecule has 5 rings (SSSR count). The summed E-state index contributed by atoms with van der Waals surface area (Å²) in [6, 6.07) is 14.6. The Bertz CT molecular complexity index is 1370. The van der Waals surface area contributed by atoms with Crippen LogP contribution in [0.4, 0.5) is 13.2 Å². The van der Waals surface area contributed by atoms with Gasteiger partial charge in [0, 0.05) is 39.3 Å². The number of hydrogen-bond acceptors (Lipinski definition) is 2. The second kappa shape index (κ2) is 6.88. The molecule has 5 aromatic rings. The predicted molar refractivity (Wildman–Crippen MR) is 111 cm³/mol. The van der Waals surface area contributed by atoms with Gasteiger partial charge in [-0.25, -0.2) is 4.68 Å². The Labute approximate surface area is 174 Å². The third-order valence-corrected chi connectivity index (χ3v) is 5.20. The number of nitrogens with zero attached hydrogens (tertiary/aromatic N) is 4. The third kappa shape index (κ3) is 3.21. The lowest BCUT2D eigenvalue weighted by molar-refractivity contribution is -0.139. The zero-order valence-corrected chi connectivity index (χ0v) is 16.2. The molecule has 0 spiro atoms. The van der Waals surface area contributed by atoms with E-state index in [9.17, 15) is 13.2 Å². The van der Waals surface area contributed by atoms with E-state index in [-0.39, 0.29) is 0 Å². The fraction of sp³-hybridized carbons (Fsp3) is 0.0909. The number of alkyl halides is 3. The molecule has 0 radical (unpaired) electrons. The minimum atomic E-state index is -4.39. The highest BCUT2D eigenvalue weighted by Crippen LogP contribution is 2.39. The van der Waals surface area contributed by atoms with Crippen molar-refractivity contribution in [2.24, 2.45) is 0 Å². The van der Waals surface area contributed by atoms with E-state index < -0.39 is 12.7 Å². The van der Waals surface area contributed by atoms with E-state index in [1.807, 2.05) is 30.3 Å². The SMILES string of the molecule is FC(F)(F)Cn1c2cnccc2c2cc(Cl)cc(-c3cnn(-c4ccccc4)c3)c21. The first-order chi connectivity index (χ1) is 14.4. The molecule has 3 heterocycles. The second-order valence-electron chi connectivity index (χ2n) is 6.95. The van der Waals surface area contributed by atoms with Gasteiger partial charge in [-0.3, -0.25) is 4.98 Å². The number of hydrogen-bond donors (Lipinski definition) is 0. The molecular formula is C22H14ClF3N4. The van der Waals surface area contributed by atoms with Gasteiger partial charge in [-0.1, -0.05) is 29.8 Å². The summed E-state index contributed by atoms with van der Waals surface area (Å²) < 4.78 is 43.2. The molecule has 0 saturated heterocycles. The van der Waals surface area contributed by atoms with Crippen LogP contribution in [0, 0.1) is 0 Å². The van der Waals surface area contributed by atoms with Gasteiger partial charge in [-0.2, -0.15) is 18.3 Å². The zero-order chi connectivity index (χ0) is 20.9. The van der Waals surface area contributed by atoms with Crippen molar-refractivity contribution >= 4 is 33.4 Å². The molecular weight excluding hydrogens is 413 g/mol. The van der Waals surface area contributed by atoms with Gasteiger partial charge >= 0.3 is 6.18 Å². The molecule has 0 amide bonds. The molecule has 0 unspecified atom stereocenters. The fourth-order valence-corrected chi connectivity index (χ4v) is 4.01. The Morgan fingerprint density at radius 2 is 1.77 bits per heavy atom. The molecule has 4 nitrogen and oxygen atoms in total. The van der Waals surface area contributed by atoms with E-state index in [1.54, 1.807) is 41.5 Å². The first-order valence-corrected chi connectivity index (χ1v) is 9.51. The van der Waals surface area contributed by atoms with Gasteiger partial charge in [0.1, 0.15) is 6.54 Å². The lowest BCUT2D eigenvalue weighted by atomic mass is 10.0. The van der Waals surface area contributed by atoms with Crippen LogP contribution < -0.4 is 0 Å². The van der Waals surface area contributed by atoms with Crippen molar-refractivity contribution in [3.05, 3.63) is 78.3 Å². The molecule has 0 N–H and O–H groups in total. The highest BCUT2D eigenvalue weighted by molar-refractivity contribution is 6.32. The summed E-state index contributed by atoms with van der Waals surface area (Å²) in [6.07, 6.45) is 2.04. The van der Waals surface area contributed by atoms with Crippen LogP contribution in [0.3, 0.4) is 0 Å². The van der Waals surface area contributed by atoms with Crippen LogP contribution in [0.15, 0.2) is 73.3 Å². The van der Waals surface area contributed by atoms with Crippen molar-refractivity contribution in [3.63, 3.8) is 0 Å². The first-order valence-electron chi connectivity index (χ1n) is 9.13. The molecule has 0 aliphatic rings. The Morgan fingerprint density at radius 1 is 0.967 bits per heavy atom. The number of benzene rings is 2.